The van der Waals surface area contributed by atoms with Crippen LogP contribution in [0.4, 0.5) is 0 Å². The van der Waals surface area contributed by atoms with Gasteiger partial charge in [0.15, 0.2) is 6.61 Å². The SMILES string of the molecule is CC(C)(C)OC(=O)COc1ccc(CCC(=O)OCc2ccccc2)cc1Cl. The first kappa shape index (κ1) is 21.8. The van der Waals surface area contributed by atoms with E-state index in [-0.39, 0.29) is 25.6 Å². The Hall–Kier alpha value is -2.53. The molecule has 0 aliphatic rings. The van der Waals surface area contributed by atoms with Crippen LogP contribution >= 0.6 is 11.6 Å². The van der Waals surface area contributed by atoms with Gasteiger partial charge < -0.3 is 14.2 Å². The number of benzene rings is 2. The number of esters is 2. The van der Waals surface area contributed by atoms with Crippen LogP contribution in [0.2, 0.25) is 5.02 Å². The van der Waals surface area contributed by atoms with Crippen LogP contribution in [-0.2, 0) is 32.1 Å². The van der Waals surface area contributed by atoms with Crippen molar-refractivity contribution in [1.82, 2.24) is 0 Å². The van der Waals surface area contributed by atoms with E-state index in [1.54, 1.807) is 39.0 Å². The molecule has 0 aromatic heterocycles. The predicted octanol–water partition coefficient (Wildman–Crippen LogP) is 4.74. The summed E-state index contributed by atoms with van der Waals surface area (Å²) >= 11 is 6.21. The summed E-state index contributed by atoms with van der Waals surface area (Å²) in [4.78, 5) is 23.6. The second-order valence-electron chi connectivity index (χ2n) is 7.29. The van der Waals surface area contributed by atoms with Crippen LogP contribution in [-0.4, -0.2) is 24.1 Å². The number of hydrogen-bond donors (Lipinski definition) is 0. The molecule has 0 saturated heterocycles. The molecule has 0 bridgehead atoms. The fourth-order valence-corrected chi connectivity index (χ4v) is 2.64. The minimum absolute atomic E-state index is 0.220. The fraction of sp³-hybridized carbons (Fsp3) is 0.364. The van der Waals surface area contributed by atoms with Crippen molar-refractivity contribution in [1.29, 1.82) is 0 Å². The van der Waals surface area contributed by atoms with Crippen molar-refractivity contribution in [3.8, 4) is 5.75 Å². The number of ether oxygens (including phenoxy) is 3. The molecule has 0 aliphatic heterocycles. The second kappa shape index (κ2) is 10.1. The second-order valence-corrected chi connectivity index (χ2v) is 7.69. The lowest BCUT2D eigenvalue weighted by atomic mass is 10.1. The van der Waals surface area contributed by atoms with E-state index >= 15 is 0 Å². The smallest absolute Gasteiger partial charge is 0.344 e. The van der Waals surface area contributed by atoms with Crippen LogP contribution in [0.1, 0.15) is 38.3 Å². The topological polar surface area (TPSA) is 61.8 Å². The van der Waals surface area contributed by atoms with Crippen molar-refractivity contribution in [2.24, 2.45) is 0 Å². The molecule has 0 unspecified atom stereocenters. The van der Waals surface area contributed by atoms with Gasteiger partial charge >= 0.3 is 11.9 Å². The summed E-state index contributed by atoms with van der Waals surface area (Å²) in [5.41, 5.74) is 1.26. The Morgan fingerprint density at radius 3 is 2.32 bits per heavy atom. The van der Waals surface area contributed by atoms with E-state index < -0.39 is 11.6 Å². The van der Waals surface area contributed by atoms with Crippen LogP contribution in [0.3, 0.4) is 0 Å². The Morgan fingerprint density at radius 2 is 1.68 bits per heavy atom. The van der Waals surface area contributed by atoms with Gasteiger partial charge in [-0.15, -0.1) is 0 Å². The maximum Gasteiger partial charge on any atom is 0.344 e. The number of halogens is 1. The normalized spacial score (nSPS) is 11.0. The van der Waals surface area contributed by atoms with Gasteiger partial charge in [0.05, 0.1) is 5.02 Å². The van der Waals surface area contributed by atoms with Crippen LogP contribution < -0.4 is 4.74 Å². The predicted molar refractivity (Wildman–Crippen MR) is 107 cm³/mol. The lowest BCUT2D eigenvalue weighted by Gasteiger charge is -2.19. The Labute approximate surface area is 170 Å². The van der Waals surface area contributed by atoms with Gasteiger partial charge in [0, 0.05) is 6.42 Å². The van der Waals surface area contributed by atoms with E-state index in [0.717, 1.165) is 11.1 Å². The molecule has 0 radical (unpaired) electrons. The van der Waals surface area contributed by atoms with Gasteiger partial charge in [0.2, 0.25) is 0 Å². The summed E-state index contributed by atoms with van der Waals surface area (Å²) in [7, 11) is 0. The molecule has 0 atom stereocenters. The molecule has 2 aromatic rings. The molecule has 0 aliphatic carbocycles. The number of rotatable bonds is 8. The molecule has 0 N–H and O–H groups in total. The van der Waals surface area contributed by atoms with Crippen LogP contribution in [0, 0.1) is 0 Å². The van der Waals surface area contributed by atoms with Crippen molar-refractivity contribution in [3.63, 3.8) is 0 Å². The van der Waals surface area contributed by atoms with Crippen molar-refractivity contribution in [2.75, 3.05) is 6.61 Å². The molecule has 0 saturated carbocycles. The van der Waals surface area contributed by atoms with Crippen molar-refractivity contribution >= 4 is 23.5 Å². The number of carbonyl (C=O) groups excluding carboxylic acids is 2. The molecule has 2 aromatic carbocycles. The molecule has 28 heavy (non-hydrogen) atoms. The lowest BCUT2D eigenvalue weighted by Crippen LogP contribution is -2.27. The third kappa shape index (κ3) is 8.01. The van der Waals surface area contributed by atoms with Gasteiger partial charge in [-0.25, -0.2) is 4.79 Å². The highest BCUT2D eigenvalue weighted by atomic mass is 35.5. The van der Waals surface area contributed by atoms with Crippen molar-refractivity contribution < 1.29 is 23.8 Å². The van der Waals surface area contributed by atoms with E-state index in [2.05, 4.69) is 0 Å². The van der Waals surface area contributed by atoms with E-state index in [1.165, 1.54) is 0 Å². The minimum Gasteiger partial charge on any atom is -0.480 e. The molecule has 6 heteroatoms. The van der Waals surface area contributed by atoms with Crippen molar-refractivity contribution in [2.45, 2.75) is 45.8 Å². The average molecular weight is 405 g/mol. The first-order valence-electron chi connectivity index (χ1n) is 9.05. The minimum atomic E-state index is -0.566. The number of aryl methyl sites for hydroxylation is 1. The zero-order valence-electron chi connectivity index (χ0n) is 16.4. The third-order valence-electron chi connectivity index (χ3n) is 3.62. The highest BCUT2D eigenvalue weighted by Crippen LogP contribution is 2.26. The lowest BCUT2D eigenvalue weighted by molar-refractivity contribution is -0.157. The molecule has 0 fully saturated rings. The van der Waals surface area contributed by atoms with Gasteiger partial charge in [-0.1, -0.05) is 48.0 Å². The maximum absolute atomic E-state index is 11.9. The van der Waals surface area contributed by atoms with Crippen molar-refractivity contribution in [3.05, 3.63) is 64.7 Å². The summed E-state index contributed by atoms with van der Waals surface area (Å²) in [6.07, 6.45) is 0.751. The van der Waals surface area contributed by atoms with E-state index in [9.17, 15) is 9.59 Å². The van der Waals surface area contributed by atoms with E-state index in [1.807, 2.05) is 30.3 Å². The highest BCUT2D eigenvalue weighted by Gasteiger charge is 2.17. The molecular weight excluding hydrogens is 380 g/mol. The van der Waals surface area contributed by atoms with Crippen LogP contribution in [0.15, 0.2) is 48.5 Å². The summed E-state index contributed by atoms with van der Waals surface area (Å²) in [6, 6.07) is 14.7. The summed E-state index contributed by atoms with van der Waals surface area (Å²) < 4.78 is 15.9. The van der Waals surface area contributed by atoms with Crippen LogP contribution in [0.5, 0.6) is 5.75 Å². The largest absolute Gasteiger partial charge is 0.480 e. The number of hydrogen-bond acceptors (Lipinski definition) is 5. The molecule has 0 heterocycles. The molecular formula is C22H25ClO5. The van der Waals surface area contributed by atoms with E-state index in [4.69, 9.17) is 25.8 Å². The highest BCUT2D eigenvalue weighted by molar-refractivity contribution is 6.32. The standard InChI is InChI=1S/C22H25ClO5/c1-22(2,3)28-21(25)15-26-19-11-9-16(13-18(19)23)10-12-20(24)27-14-17-7-5-4-6-8-17/h4-9,11,13H,10,12,14-15H2,1-3H3. The first-order chi connectivity index (χ1) is 13.2. The van der Waals surface area contributed by atoms with Gasteiger partial charge in [-0.05, 0) is 50.5 Å². The molecule has 0 amide bonds. The summed E-state index contributed by atoms with van der Waals surface area (Å²) in [6.45, 7) is 5.41. The molecule has 5 nitrogen and oxygen atoms in total. The zero-order valence-corrected chi connectivity index (χ0v) is 17.1. The fourth-order valence-electron chi connectivity index (χ4n) is 2.38. The summed E-state index contributed by atoms with van der Waals surface area (Å²) in [5, 5.41) is 0.374. The average Bonchev–Trinajstić information content (AvgIpc) is 2.63. The molecule has 150 valence electrons. The monoisotopic (exact) mass is 404 g/mol. The quantitative estimate of drug-likeness (QED) is 0.595. The zero-order chi connectivity index (χ0) is 20.6. The first-order valence-corrected chi connectivity index (χ1v) is 9.43. The van der Waals surface area contributed by atoms with Crippen LogP contribution in [0.25, 0.3) is 0 Å². The van der Waals surface area contributed by atoms with Gasteiger partial charge in [0.25, 0.3) is 0 Å². The maximum atomic E-state index is 11.9. The van der Waals surface area contributed by atoms with E-state index in [0.29, 0.717) is 17.2 Å². The van der Waals surface area contributed by atoms with Gasteiger partial charge in [-0.2, -0.15) is 0 Å². The Bertz CT molecular complexity index is 796. The van der Waals surface area contributed by atoms with Gasteiger partial charge in [-0.3, -0.25) is 4.79 Å². The number of carbonyl (C=O) groups is 2. The Kier molecular flexibility index (Phi) is 7.88. The Morgan fingerprint density at radius 1 is 0.964 bits per heavy atom. The van der Waals surface area contributed by atoms with Gasteiger partial charge in [0.1, 0.15) is 18.0 Å². The Balaban J connectivity index is 1.78. The molecule has 2 rings (SSSR count). The molecule has 0 spiro atoms. The third-order valence-corrected chi connectivity index (χ3v) is 3.92. The summed E-state index contributed by atoms with van der Waals surface area (Å²) in [5.74, 6) is -0.345.